The molecule has 1 aliphatic heterocycles. The zero-order valence-electron chi connectivity index (χ0n) is 10.5. The van der Waals surface area contributed by atoms with Gasteiger partial charge in [-0.2, -0.15) is 5.26 Å². The van der Waals surface area contributed by atoms with Crippen LogP contribution in [0.2, 0.25) is 0 Å². The molecule has 1 N–H and O–H groups in total. The summed E-state index contributed by atoms with van der Waals surface area (Å²) in [6, 6.07) is 9.09. The molecule has 0 radical (unpaired) electrons. The zero-order chi connectivity index (χ0) is 12.0. The zero-order valence-corrected chi connectivity index (χ0v) is 10.5. The van der Waals surface area contributed by atoms with Gasteiger partial charge in [0.05, 0.1) is 11.6 Å². The molecular weight excluding hydrogens is 208 g/mol. The van der Waals surface area contributed by atoms with Crippen LogP contribution in [0.4, 0.5) is 0 Å². The first-order valence-corrected chi connectivity index (χ1v) is 6.42. The van der Waals surface area contributed by atoms with Crippen LogP contribution < -0.4 is 5.32 Å². The monoisotopic (exact) mass is 226 g/mol. The molecule has 1 aliphatic carbocycles. The molecule has 88 valence electrons. The molecule has 17 heavy (non-hydrogen) atoms. The fourth-order valence-corrected chi connectivity index (χ4v) is 3.59. The predicted octanol–water partition coefficient (Wildman–Crippen LogP) is 2.37. The summed E-state index contributed by atoms with van der Waals surface area (Å²) in [7, 11) is 0. The van der Waals surface area contributed by atoms with E-state index in [2.05, 4.69) is 37.4 Å². The number of fused-ring (bicyclic) bond motifs is 4. The van der Waals surface area contributed by atoms with Crippen molar-refractivity contribution in [1.29, 1.82) is 5.26 Å². The third kappa shape index (κ3) is 1.42. The predicted molar refractivity (Wildman–Crippen MR) is 67.8 cm³/mol. The van der Waals surface area contributed by atoms with E-state index in [4.69, 9.17) is 5.26 Å². The molecule has 3 atom stereocenters. The van der Waals surface area contributed by atoms with Crippen LogP contribution in [0.5, 0.6) is 0 Å². The molecule has 0 aromatic heterocycles. The van der Waals surface area contributed by atoms with Crippen LogP contribution in [0.15, 0.2) is 18.2 Å². The van der Waals surface area contributed by atoms with Crippen molar-refractivity contribution in [3.8, 4) is 6.07 Å². The second-order valence-corrected chi connectivity index (χ2v) is 5.70. The molecule has 1 aromatic carbocycles. The van der Waals surface area contributed by atoms with E-state index in [-0.39, 0.29) is 5.41 Å². The van der Waals surface area contributed by atoms with Gasteiger partial charge in [-0.1, -0.05) is 19.9 Å². The van der Waals surface area contributed by atoms with Crippen LogP contribution >= 0.6 is 0 Å². The molecule has 1 saturated heterocycles. The van der Waals surface area contributed by atoms with Crippen molar-refractivity contribution >= 4 is 0 Å². The number of nitrogens with zero attached hydrogens (tertiary/aromatic N) is 1. The Bertz CT molecular complexity index is 500. The van der Waals surface area contributed by atoms with Crippen molar-refractivity contribution in [3.63, 3.8) is 0 Å². The topological polar surface area (TPSA) is 35.8 Å². The lowest BCUT2D eigenvalue weighted by molar-refractivity contribution is 0.158. The summed E-state index contributed by atoms with van der Waals surface area (Å²) < 4.78 is 0. The minimum Gasteiger partial charge on any atom is -0.313 e. The third-order valence-corrected chi connectivity index (χ3v) is 4.95. The van der Waals surface area contributed by atoms with E-state index in [1.165, 1.54) is 17.5 Å². The van der Waals surface area contributed by atoms with Crippen LogP contribution in [0.3, 0.4) is 0 Å². The molecule has 2 nitrogen and oxygen atoms in total. The smallest absolute Gasteiger partial charge is 0.0991 e. The summed E-state index contributed by atoms with van der Waals surface area (Å²) in [5.41, 5.74) is 3.90. The lowest BCUT2D eigenvalue weighted by Crippen LogP contribution is -2.56. The van der Waals surface area contributed by atoms with Crippen LogP contribution in [0.25, 0.3) is 0 Å². The number of nitrogens with one attached hydrogen (secondary N) is 1. The Labute approximate surface area is 103 Å². The number of hydrogen-bond donors (Lipinski definition) is 1. The number of rotatable bonds is 0. The van der Waals surface area contributed by atoms with Gasteiger partial charge in [0.25, 0.3) is 0 Å². The first kappa shape index (κ1) is 10.8. The summed E-state index contributed by atoms with van der Waals surface area (Å²) in [6.45, 7) is 5.81. The Morgan fingerprint density at radius 2 is 2.29 bits per heavy atom. The normalized spacial score (nSPS) is 34.9. The summed E-state index contributed by atoms with van der Waals surface area (Å²) in [4.78, 5) is 0. The quantitative estimate of drug-likeness (QED) is 0.737. The minimum absolute atomic E-state index is 0.246. The lowest BCUT2D eigenvalue weighted by Gasteiger charge is -2.50. The van der Waals surface area contributed by atoms with Crippen molar-refractivity contribution in [2.24, 2.45) is 5.92 Å². The maximum Gasteiger partial charge on any atom is 0.0991 e. The van der Waals surface area contributed by atoms with Gasteiger partial charge in [-0.3, -0.25) is 0 Å². The maximum atomic E-state index is 9.05. The molecule has 0 saturated carbocycles. The molecule has 2 unspecified atom stereocenters. The average Bonchev–Trinajstić information content (AvgIpc) is 2.33. The molecule has 1 heterocycles. The molecule has 0 amide bonds. The fraction of sp³-hybridized carbons (Fsp3) is 0.533. The number of hydrogen-bond acceptors (Lipinski definition) is 2. The van der Waals surface area contributed by atoms with E-state index in [0.29, 0.717) is 12.0 Å². The Morgan fingerprint density at radius 1 is 1.47 bits per heavy atom. The van der Waals surface area contributed by atoms with Gasteiger partial charge in [-0.05, 0) is 54.0 Å². The van der Waals surface area contributed by atoms with Crippen LogP contribution in [-0.2, 0) is 11.8 Å². The van der Waals surface area contributed by atoms with E-state index in [9.17, 15) is 0 Å². The summed E-state index contributed by atoms with van der Waals surface area (Å²) in [6.07, 6.45) is 2.28. The molecule has 1 fully saturated rings. The standard InChI is InChI=1S/C15H18N2/c1-10-14-8-12-4-3-11(9-16)7-13(12)15(10,2)5-6-17-14/h3-4,7,10,14,17H,5-6,8H2,1-2H3/t10?,14-,15?/m1/s1. The largest absolute Gasteiger partial charge is 0.313 e. The van der Waals surface area contributed by atoms with E-state index >= 15 is 0 Å². The Kier molecular flexibility index (Phi) is 2.27. The first-order chi connectivity index (χ1) is 8.15. The van der Waals surface area contributed by atoms with Crippen molar-refractivity contribution in [3.05, 3.63) is 34.9 Å². The van der Waals surface area contributed by atoms with Gasteiger partial charge in [-0.25, -0.2) is 0 Å². The van der Waals surface area contributed by atoms with Gasteiger partial charge in [0.2, 0.25) is 0 Å². The highest BCUT2D eigenvalue weighted by Crippen LogP contribution is 2.45. The molecule has 1 aromatic rings. The number of piperidine rings is 1. The number of benzene rings is 1. The van der Waals surface area contributed by atoms with Gasteiger partial charge in [0.1, 0.15) is 0 Å². The Balaban J connectivity index is 2.18. The van der Waals surface area contributed by atoms with Gasteiger partial charge in [0, 0.05) is 6.04 Å². The van der Waals surface area contributed by atoms with Gasteiger partial charge in [0.15, 0.2) is 0 Å². The fourth-order valence-electron chi connectivity index (χ4n) is 3.59. The molecular formula is C15H18N2. The van der Waals surface area contributed by atoms with Gasteiger partial charge in [-0.15, -0.1) is 0 Å². The Morgan fingerprint density at radius 3 is 3.06 bits per heavy atom. The van der Waals surface area contributed by atoms with Crippen LogP contribution in [0, 0.1) is 17.2 Å². The van der Waals surface area contributed by atoms with E-state index in [0.717, 1.165) is 18.5 Å². The highest BCUT2D eigenvalue weighted by atomic mass is 14.9. The first-order valence-electron chi connectivity index (χ1n) is 6.42. The average molecular weight is 226 g/mol. The van der Waals surface area contributed by atoms with Crippen LogP contribution in [-0.4, -0.2) is 12.6 Å². The molecule has 2 aliphatic rings. The van der Waals surface area contributed by atoms with E-state index in [1.54, 1.807) is 0 Å². The number of nitriles is 1. The van der Waals surface area contributed by atoms with E-state index in [1.807, 2.05) is 6.07 Å². The molecule has 2 bridgehead atoms. The SMILES string of the molecule is CC1[C@H]2Cc3ccc(C#N)cc3C1(C)CCN2. The molecule has 0 spiro atoms. The molecule has 2 heteroatoms. The maximum absolute atomic E-state index is 9.05. The second kappa shape index (κ2) is 3.58. The highest BCUT2D eigenvalue weighted by molar-refractivity contribution is 5.45. The molecule has 3 rings (SSSR count). The third-order valence-electron chi connectivity index (χ3n) is 4.95. The van der Waals surface area contributed by atoms with Gasteiger partial charge >= 0.3 is 0 Å². The van der Waals surface area contributed by atoms with E-state index < -0.39 is 0 Å². The van der Waals surface area contributed by atoms with Crippen molar-refractivity contribution in [2.75, 3.05) is 6.54 Å². The lowest BCUT2D eigenvalue weighted by atomic mass is 9.59. The van der Waals surface area contributed by atoms with Gasteiger partial charge < -0.3 is 5.32 Å². The van der Waals surface area contributed by atoms with Crippen molar-refractivity contribution in [1.82, 2.24) is 5.32 Å². The highest BCUT2D eigenvalue weighted by Gasteiger charge is 2.45. The van der Waals surface area contributed by atoms with Crippen LogP contribution in [0.1, 0.15) is 37.0 Å². The summed E-state index contributed by atoms with van der Waals surface area (Å²) >= 11 is 0. The summed E-state index contributed by atoms with van der Waals surface area (Å²) in [5.74, 6) is 0.651. The summed E-state index contributed by atoms with van der Waals surface area (Å²) in [5, 5.41) is 12.7. The van der Waals surface area contributed by atoms with Crippen molar-refractivity contribution in [2.45, 2.75) is 38.1 Å². The second-order valence-electron chi connectivity index (χ2n) is 5.70. The Hall–Kier alpha value is -1.33. The minimum atomic E-state index is 0.246. The van der Waals surface area contributed by atoms with Crippen molar-refractivity contribution < 1.29 is 0 Å².